The smallest absolute Gasteiger partial charge is 0.370 e. The van der Waals surface area contributed by atoms with Crippen LogP contribution >= 0.6 is 0 Å². The minimum Gasteiger partial charge on any atom is -0.370 e. The van der Waals surface area contributed by atoms with Gasteiger partial charge < -0.3 is 4.74 Å². The zero-order chi connectivity index (χ0) is 11.1. The lowest BCUT2D eigenvalue weighted by molar-refractivity contribution is -0.141. The lowest BCUT2D eigenvalue weighted by Crippen LogP contribution is -2.15. The van der Waals surface area contributed by atoms with E-state index in [1.807, 2.05) is 0 Å². The van der Waals surface area contributed by atoms with E-state index >= 15 is 0 Å². The summed E-state index contributed by atoms with van der Waals surface area (Å²) in [6.07, 6.45) is -4.41. The van der Waals surface area contributed by atoms with E-state index in [0.717, 1.165) is 6.07 Å². The van der Waals surface area contributed by atoms with E-state index < -0.39 is 11.9 Å². The summed E-state index contributed by atoms with van der Waals surface area (Å²) in [6, 6.07) is 2.37. The van der Waals surface area contributed by atoms with E-state index in [4.69, 9.17) is 4.74 Å². The Morgan fingerprint density at radius 3 is 2.67 bits per heavy atom. The van der Waals surface area contributed by atoms with Crippen LogP contribution in [0.3, 0.4) is 0 Å². The largest absolute Gasteiger partial charge is 0.433 e. The Morgan fingerprint density at radius 2 is 2.00 bits per heavy atom. The predicted molar refractivity (Wildman–Crippen MR) is 47.9 cm³/mol. The van der Waals surface area contributed by atoms with E-state index in [0.29, 0.717) is 23.4 Å². The first kappa shape index (κ1) is 10.2. The molecular weight excluding hydrogens is 207 g/mol. The van der Waals surface area contributed by atoms with Crippen LogP contribution in [0.25, 0.3) is 5.57 Å². The normalized spacial score (nSPS) is 16.3. The van der Waals surface area contributed by atoms with Gasteiger partial charge in [-0.15, -0.1) is 0 Å². The van der Waals surface area contributed by atoms with Gasteiger partial charge in [-0.3, -0.25) is 0 Å². The molecular formula is C10H8F3NO. The Balaban J connectivity index is 2.46. The number of rotatable bonds is 0. The van der Waals surface area contributed by atoms with Crippen molar-refractivity contribution in [1.82, 2.24) is 4.98 Å². The monoisotopic (exact) mass is 215 g/mol. The molecule has 5 heteroatoms. The van der Waals surface area contributed by atoms with Gasteiger partial charge in [-0.2, -0.15) is 13.2 Å². The highest BCUT2D eigenvalue weighted by Crippen LogP contribution is 2.30. The number of alkyl halides is 3. The van der Waals surface area contributed by atoms with Crippen LogP contribution in [0.1, 0.15) is 17.0 Å². The third kappa shape index (κ3) is 1.87. The number of halogens is 3. The highest BCUT2D eigenvalue weighted by Gasteiger charge is 2.33. The van der Waals surface area contributed by atoms with E-state index in [1.165, 1.54) is 6.07 Å². The van der Waals surface area contributed by atoms with Crippen molar-refractivity contribution < 1.29 is 17.9 Å². The average Bonchev–Trinajstić information content (AvgIpc) is 2.16. The van der Waals surface area contributed by atoms with Crippen molar-refractivity contribution in [3.05, 3.63) is 35.7 Å². The highest BCUT2D eigenvalue weighted by molar-refractivity contribution is 5.67. The number of nitrogens with zero attached hydrogens (tertiary/aromatic N) is 1. The quantitative estimate of drug-likeness (QED) is 0.663. The second-order valence-electron chi connectivity index (χ2n) is 3.28. The summed E-state index contributed by atoms with van der Waals surface area (Å²) in [5.41, 5.74) is 0.743. The molecule has 1 aliphatic rings. The summed E-state index contributed by atoms with van der Waals surface area (Å²) in [6.45, 7) is 4.16. The molecule has 0 unspecified atom stereocenters. The summed E-state index contributed by atoms with van der Waals surface area (Å²) >= 11 is 0. The minimum atomic E-state index is -4.41. The maximum absolute atomic E-state index is 12.3. The lowest BCUT2D eigenvalue weighted by atomic mass is 10.0. The molecule has 0 bridgehead atoms. The number of pyridine rings is 1. The van der Waals surface area contributed by atoms with Gasteiger partial charge in [0.15, 0.2) is 0 Å². The SMILES string of the molecule is C=C1COCc2nc(C(F)(F)F)ccc21. The zero-order valence-electron chi connectivity index (χ0n) is 7.77. The summed E-state index contributed by atoms with van der Waals surface area (Å²) in [4.78, 5) is 3.52. The van der Waals surface area contributed by atoms with Crippen molar-refractivity contribution in [2.75, 3.05) is 6.61 Å². The molecule has 2 rings (SSSR count). The number of ether oxygens (including phenoxy) is 1. The molecule has 0 N–H and O–H groups in total. The third-order valence-corrected chi connectivity index (χ3v) is 2.16. The third-order valence-electron chi connectivity index (χ3n) is 2.16. The van der Waals surface area contributed by atoms with Gasteiger partial charge in [-0.25, -0.2) is 4.98 Å². The van der Waals surface area contributed by atoms with Gasteiger partial charge >= 0.3 is 6.18 Å². The fourth-order valence-corrected chi connectivity index (χ4v) is 1.44. The molecule has 0 aromatic carbocycles. The molecule has 1 aliphatic heterocycles. The van der Waals surface area contributed by atoms with Crippen LogP contribution in [-0.4, -0.2) is 11.6 Å². The van der Waals surface area contributed by atoms with Gasteiger partial charge in [0.05, 0.1) is 18.9 Å². The Kier molecular flexibility index (Phi) is 2.26. The van der Waals surface area contributed by atoms with Crippen LogP contribution in [0.4, 0.5) is 13.2 Å². The number of hydrogen-bond donors (Lipinski definition) is 0. The van der Waals surface area contributed by atoms with E-state index in [1.54, 1.807) is 0 Å². The lowest BCUT2D eigenvalue weighted by Gasteiger charge is -2.18. The summed E-state index contributed by atoms with van der Waals surface area (Å²) in [5.74, 6) is 0. The molecule has 1 aromatic heterocycles. The minimum absolute atomic E-state index is 0.109. The molecule has 0 spiro atoms. The maximum atomic E-state index is 12.3. The standard InChI is InChI=1S/C10H8F3NO/c1-6-4-15-5-8-7(6)2-3-9(14-8)10(11,12)13/h2-3H,1,4-5H2. The number of fused-ring (bicyclic) bond motifs is 1. The van der Waals surface area contributed by atoms with Crippen LogP contribution in [0.15, 0.2) is 18.7 Å². The van der Waals surface area contributed by atoms with Crippen LogP contribution in [0.5, 0.6) is 0 Å². The van der Waals surface area contributed by atoms with Gasteiger partial charge in [-0.05, 0) is 11.6 Å². The fourth-order valence-electron chi connectivity index (χ4n) is 1.44. The summed E-state index contributed by atoms with van der Waals surface area (Å²) in [5, 5.41) is 0. The average molecular weight is 215 g/mol. The van der Waals surface area contributed by atoms with Crippen molar-refractivity contribution in [1.29, 1.82) is 0 Å². The van der Waals surface area contributed by atoms with Crippen molar-refractivity contribution in [2.24, 2.45) is 0 Å². The molecule has 80 valence electrons. The molecule has 15 heavy (non-hydrogen) atoms. The molecule has 0 amide bonds. The zero-order valence-corrected chi connectivity index (χ0v) is 7.77. The molecule has 0 saturated heterocycles. The molecule has 0 fully saturated rings. The van der Waals surface area contributed by atoms with Crippen molar-refractivity contribution in [3.63, 3.8) is 0 Å². The molecule has 1 aromatic rings. The molecule has 0 aliphatic carbocycles. The van der Waals surface area contributed by atoms with E-state index in [9.17, 15) is 13.2 Å². The second-order valence-corrected chi connectivity index (χ2v) is 3.28. The van der Waals surface area contributed by atoms with Gasteiger partial charge in [0, 0.05) is 5.56 Å². The van der Waals surface area contributed by atoms with Crippen molar-refractivity contribution in [2.45, 2.75) is 12.8 Å². The first-order valence-electron chi connectivity index (χ1n) is 4.31. The first-order valence-corrected chi connectivity index (χ1v) is 4.31. The van der Waals surface area contributed by atoms with Gasteiger partial charge in [0.1, 0.15) is 5.69 Å². The molecule has 0 radical (unpaired) electrons. The van der Waals surface area contributed by atoms with Crippen LogP contribution < -0.4 is 0 Å². The molecule has 0 atom stereocenters. The van der Waals surface area contributed by atoms with Gasteiger partial charge in [-0.1, -0.05) is 12.6 Å². The highest BCUT2D eigenvalue weighted by atomic mass is 19.4. The first-order chi connectivity index (χ1) is 6.98. The van der Waals surface area contributed by atoms with Gasteiger partial charge in [0.2, 0.25) is 0 Å². The van der Waals surface area contributed by atoms with Crippen molar-refractivity contribution in [3.8, 4) is 0 Å². The molecule has 2 heterocycles. The fraction of sp³-hybridized carbons (Fsp3) is 0.300. The van der Waals surface area contributed by atoms with Crippen LogP contribution in [0, 0.1) is 0 Å². The summed E-state index contributed by atoms with van der Waals surface area (Å²) < 4.78 is 42.0. The number of hydrogen-bond acceptors (Lipinski definition) is 2. The Hall–Kier alpha value is -1.36. The van der Waals surface area contributed by atoms with Crippen LogP contribution in [-0.2, 0) is 17.5 Å². The second kappa shape index (κ2) is 3.34. The topological polar surface area (TPSA) is 22.1 Å². The van der Waals surface area contributed by atoms with Crippen LogP contribution in [0.2, 0.25) is 0 Å². The molecule has 0 saturated carbocycles. The van der Waals surface area contributed by atoms with E-state index in [2.05, 4.69) is 11.6 Å². The summed E-state index contributed by atoms with van der Waals surface area (Å²) in [7, 11) is 0. The Morgan fingerprint density at radius 1 is 1.27 bits per heavy atom. The Labute approximate surface area is 84.4 Å². The van der Waals surface area contributed by atoms with E-state index in [-0.39, 0.29) is 6.61 Å². The van der Waals surface area contributed by atoms with Gasteiger partial charge in [0.25, 0.3) is 0 Å². The van der Waals surface area contributed by atoms with Crippen molar-refractivity contribution >= 4 is 5.57 Å². The number of aromatic nitrogens is 1. The molecule has 2 nitrogen and oxygen atoms in total. The Bertz CT molecular complexity index is 412. The maximum Gasteiger partial charge on any atom is 0.433 e. The predicted octanol–water partition coefficient (Wildman–Crippen LogP) is 2.64.